The number of hydrogen-bond acceptors (Lipinski definition) is 5. The Labute approximate surface area is 175 Å². The van der Waals surface area contributed by atoms with Gasteiger partial charge in [0.1, 0.15) is 0 Å². The van der Waals surface area contributed by atoms with Crippen LogP contribution in [0.4, 0.5) is 18.3 Å². The molecule has 1 aromatic carbocycles. The molecule has 10 heteroatoms. The van der Waals surface area contributed by atoms with Gasteiger partial charge in [-0.15, -0.1) is 11.3 Å². The van der Waals surface area contributed by atoms with Gasteiger partial charge in [0, 0.05) is 29.1 Å². The van der Waals surface area contributed by atoms with Crippen LogP contribution in [0.2, 0.25) is 5.02 Å². The Morgan fingerprint density at radius 3 is 2.97 bits per heavy atom. The summed E-state index contributed by atoms with van der Waals surface area (Å²) in [6.45, 7) is 1.52. The molecule has 2 aromatic rings. The minimum atomic E-state index is -4.43. The van der Waals surface area contributed by atoms with Gasteiger partial charge in [0.05, 0.1) is 31.3 Å². The molecule has 1 aliphatic heterocycles. The maximum absolute atomic E-state index is 12.9. The van der Waals surface area contributed by atoms with E-state index in [1.807, 2.05) is 0 Å². The summed E-state index contributed by atoms with van der Waals surface area (Å²) in [5.41, 5.74) is -0.400. The van der Waals surface area contributed by atoms with Crippen LogP contribution in [-0.4, -0.2) is 36.8 Å². The number of alkyl halides is 3. The van der Waals surface area contributed by atoms with E-state index < -0.39 is 11.7 Å². The molecule has 0 saturated carbocycles. The number of nitrogens with zero attached hydrogens (tertiary/aromatic N) is 1. The van der Waals surface area contributed by atoms with Gasteiger partial charge in [-0.1, -0.05) is 11.6 Å². The summed E-state index contributed by atoms with van der Waals surface area (Å²) in [4.78, 5) is 16.8. The number of anilines is 1. The second kappa shape index (κ2) is 9.88. The number of carbonyl (C=O) groups excluding carboxylic acids is 1. The Kier molecular flexibility index (Phi) is 7.50. The number of carbonyl (C=O) groups is 1. The second-order valence-corrected chi connectivity index (χ2v) is 8.14. The Hall–Kier alpha value is -1.68. The van der Waals surface area contributed by atoms with E-state index in [1.54, 1.807) is 0 Å². The van der Waals surface area contributed by atoms with Crippen LogP contribution in [0.5, 0.6) is 0 Å². The van der Waals surface area contributed by atoms with E-state index >= 15 is 0 Å². The van der Waals surface area contributed by atoms with E-state index in [0.29, 0.717) is 22.2 Å². The predicted octanol–water partition coefficient (Wildman–Crippen LogP) is 4.93. The lowest BCUT2D eigenvalue weighted by Crippen LogP contribution is -2.18. The average Bonchev–Trinajstić information content (AvgIpc) is 3.32. The Balaban J connectivity index is 1.48. The van der Waals surface area contributed by atoms with Crippen molar-refractivity contribution >= 4 is 34.0 Å². The van der Waals surface area contributed by atoms with E-state index in [9.17, 15) is 18.0 Å². The lowest BCUT2D eigenvalue weighted by Gasteiger charge is -2.10. The quantitative estimate of drug-likeness (QED) is 0.582. The summed E-state index contributed by atoms with van der Waals surface area (Å²) in [5.74, 6) is -0.240. The number of amides is 1. The van der Waals surface area contributed by atoms with Crippen molar-refractivity contribution in [2.45, 2.75) is 38.0 Å². The molecule has 1 N–H and O–H groups in total. The topological polar surface area (TPSA) is 60.5 Å². The van der Waals surface area contributed by atoms with Gasteiger partial charge in [-0.25, -0.2) is 4.98 Å². The van der Waals surface area contributed by atoms with Crippen molar-refractivity contribution < 1.29 is 27.4 Å². The van der Waals surface area contributed by atoms with E-state index in [4.69, 9.17) is 21.1 Å². The molecule has 1 aromatic heterocycles. The minimum Gasteiger partial charge on any atom is -0.378 e. The van der Waals surface area contributed by atoms with Crippen LogP contribution in [-0.2, 0) is 26.9 Å². The first-order chi connectivity index (χ1) is 13.8. The van der Waals surface area contributed by atoms with Gasteiger partial charge in [0.25, 0.3) is 0 Å². The molecule has 29 heavy (non-hydrogen) atoms. The zero-order valence-corrected chi connectivity index (χ0v) is 17.0. The van der Waals surface area contributed by atoms with Gasteiger partial charge in [-0.3, -0.25) is 4.79 Å². The van der Waals surface area contributed by atoms with Crippen LogP contribution in [0, 0.1) is 0 Å². The van der Waals surface area contributed by atoms with Gasteiger partial charge >= 0.3 is 6.18 Å². The molecule has 5 nitrogen and oxygen atoms in total. The zero-order chi connectivity index (χ0) is 20.9. The van der Waals surface area contributed by atoms with Crippen molar-refractivity contribution in [3.05, 3.63) is 45.4 Å². The van der Waals surface area contributed by atoms with Crippen LogP contribution < -0.4 is 5.32 Å². The van der Waals surface area contributed by atoms with E-state index in [2.05, 4.69) is 10.3 Å². The van der Waals surface area contributed by atoms with Crippen molar-refractivity contribution in [3.63, 3.8) is 0 Å². The number of benzene rings is 1. The molecule has 2 heterocycles. The lowest BCUT2D eigenvalue weighted by molar-refractivity contribution is -0.137. The summed E-state index contributed by atoms with van der Waals surface area (Å²) in [6.07, 6.45) is -0.413. The fourth-order valence-corrected chi connectivity index (χ4v) is 3.89. The van der Waals surface area contributed by atoms with Gasteiger partial charge in [0.2, 0.25) is 5.91 Å². The molecule has 1 fully saturated rings. The summed E-state index contributed by atoms with van der Waals surface area (Å²) >= 11 is 7.22. The molecule has 0 bridgehead atoms. The standard InChI is InChI=1S/C19H20ClF3N2O3S/c20-16-4-3-13(19(21,22)23)8-12(16)9-15-10-24-18(29-15)25-17(26)5-7-27-11-14-2-1-6-28-14/h3-4,8,10,14H,1-2,5-7,9,11H2,(H,24,25,26). The van der Waals surface area contributed by atoms with Crippen LogP contribution in [0.25, 0.3) is 0 Å². The normalized spacial score (nSPS) is 16.9. The molecular formula is C19H20ClF3N2O3S. The summed E-state index contributed by atoms with van der Waals surface area (Å²) in [5, 5.41) is 3.30. The van der Waals surface area contributed by atoms with Crippen LogP contribution in [0.1, 0.15) is 35.3 Å². The first-order valence-corrected chi connectivity index (χ1v) is 10.3. The van der Waals surface area contributed by atoms with Crippen molar-refractivity contribution in [2.75, 3.05) is 25.1 Å². The monoisotopic (exact) mass is 448 g/mol. The third kappa shape index (κ3) is 6.67. The second-order valence-electron chi connectivity index (χ2n) is 6.62. The van der Waals surface area contributed by atoms with Crippen molar-refractivity contribution in [3.8, 4) is 0 Å². The highest BCUT2D eigenvalue weighted by Gasteiger charge is 2.31. The van der Waals surface area contributed by atoms with Gasteiger partial charge in [-0.05, 0) is 36.6 Å². The first-order valence-electron chi connectivity index (χ1n) is 9.11. The maximum atomic E-state index is 12.9. The van der Waals surface area contributed by atoms with Gasteiger partial charge in [0.15, 0.2) is 5.13 Å². The summed E-state index contributed by atoms with van der Waals surface area (Å²) in [7, 11) is 0. The highest BCUT2D eigenvalue weighted by Crippen LogP contribution is 2.33. The van der Waals surface area contributed by atoms with Gasteiger partial charge in [-0.2, -0.15) is 13.2 Å². The van der Waals surface area contributed by atoms with E-state index in [-0.39, 0.29) is 36.5 Å². The molecule has 158 valence electrons. The Morgan fingerprint density at radius 1 is 1.41 bits per heavy atom. The number of ether oxygens (including phenoxy) is 2. The average molecular weight is 449 g/mol. The molecule has 1 aliphatic rings. The summed E-state index contributed by atoms with van der Waals surface area (Å²) < 4.78 is 49.5. The van der Waals surface area contributed by atoms with E-state index in [0.717, 1.165) is 31.6 Å². The highest BCUT2D eigenvalue weighted by molar-refractivity contribution is 7.15. The molecule has 1 unspecified atom stereocenters. The fraction of sp³-hybridized carbons (Fsp3) is 0.474. The Bertz CT molecular complexity index is 838. The zero-order valence-electron chi connectivity index (χ0n) is 15.4. The molecular weight excluding hydrogens is 429 g/mol. The van der Waals surface area contributed by atoms with Crippen molar-refractivity contribution in [2.24, 2.45) is 0 Å². The van der Waals surface area contributed by atoms with Crippen molar-refractivity contribution in [1.29, 1.82) is 0 Å². The molecule has 0 aliphatic carbocycles. The van der Waals surface area contributed by atoms with Crippen LogP contribution in [0.3, 0.4) is 0 Å². The molecule has 0 radical (unpaired) electrons. The summed E-state index contributed by atoms with van der Waals surface area (Å²) in [6, 6.07) is 3.22. The molecule has 3 rings (SSSR count). The van der Waals surface area contributed by atoms with Crippen LogP contribution in [0.15, 0.2) is 24.4 Å². The first kappa shape index (κ1) is 22.0. The predicted molar refractivity (Wildman–Crippen MR) is 104 cm³/mol. The molecule has 1 amide bonds. The smallest absolute Gasteiger partial charge is 0.378 e. The number of hydrogen-bond donors (Lipinski definition) is 1. The third-order valence-electron chi connectivity index (χ3n) is 4.34. The number of nitrogens with one attached hydrogen (secondary N) is 1. The number of rotatable bonds is 8. The number of halogens is 4. The molecule has 1 saturated heterocycles. The number of aromatic nitrogens is 1. The lowest BCUT2D eigenvalue weighted by atomic mass is 10.1. The van der Waals surface area contributed by atoms with Gasteiger partial charge < -0.3 is 14.8 Å². The highest BCUT2D eigenvalue weighted by atomic mass is 35.5. The largest absolute Gasteiger partial charge is 0.416 e. The third-order valence-corrected chi connectivity index (χ3v) is 5.62. The number of thiazole rings is 1. The van der Waals surface area contributed by atoms with Crippen LogP contribution >= 0.6 is 22.9 Å². The maximum Gasteiger partial charge on any atom is 0.416 e. The van der Waals surface area contributed by atoms with E-state index in [1.165, 1.54) is 23.6 Å². The Morgan fingerprint density at radius 2 is 2.24 bits per heavy atom. The minimum absolute atomic E-state index is 0.113. The molecule has 1 atom stereocenters. The SMILES string of the molecule is O=C(CCOCC1CCCO1)Nc1ncc(Cc2cc(C(F)(F)F)ccc2Cl)s1. The fourth-order valence-electron chi connectivity index (χ4n) is 2.86. The molecule has 0 spiro atoms. The van der Waals surface area contributed by atoms with Crippen molar-refractivity contribution in [1.82, 2.24) is 4.98 Å².